The lowest BCUT2D eigenvalue weighted by atomic mass is 9.89. The van der Waals surface area contributed by atoms with Crippen LogP contribution in [0.2, 0.25) is 0 Å². The van der Waals surface area contributed by atoms with Crippen molar-refractivity contribution in [1.82, 2.24) is 10.3 Å². The van der Waals surface area contributed by atoms with Gasteiger partial charge in [-0.2, -0.15) is 0 Å². The van der Waals surface area contributed by atoms with Gasteiger partial charge in [0.25, 0.3) is 5.91 Å². The molecule has 1 heterocycles. The van der Waals surface area contributed by atoms with Crippen molar-refractivity contribution in [3.63, 3.8) is 0 Å². The number of nitrogens with zero attached hydrogens (tertiary/aromatic N) is 1. The minimum absolute atomic E-state index is 0.0370. The highest BCUT2D eigenvalue weighted by Gasteiger charge is 2.26. The molecule has 1 aromatic rings. The maximum atomic E-state index is 12.3. The molecule has 0 aromatic carbocycles. The van der Waals surface area contributed by atoms with Crippen molar-refractivity contribution in [2.24, 2.45) is 0 Å². The molecule has 0 saturated carbocycles. The van der Waals surface area contributed by atoms with Gasteiger partial charge in [-0.3, -0.25) is 4.79 Å². The van der Waals surface area contributed by atoms with Crippen LogP contribution in [0.15, 0.2) is 18.3 Å². The van der Waals surface area contributed by atoms with Crippen LogP contribution in [-0.4, -0.2) is 23.0 Å². The van der Waals surface area contributed by atoms with Gasteiger partial charge >= 0.3 is 0 Å². The molecule has 1 amide bonds. The Morgan fingerprint density at radius 3 is 2.25 bits per heavy atom. The van der Waals surface area contributed by atoms with Crippen LogP contribution in [0, 0.1) is 0 Å². The lowest BCUT2D eigenvalue weighted by molar-refractivity contribution is 0.0888. The zero-order chi connectivity index (χ0) is 15.0. The summed E-state index contributed by atoms with van der Waals surface area (Å²) in [4.78, 5) is 16.6. The molecule has 0 aliphatic rings. The van der Waals surface area contributed by atoms with Crippen molar-refractivity contribution in [2.75, 3.05) is 11.9 Å². The molecule has 1 aromatic heterocycles. The Balaban J connectivity index is 2.72. The number of anilines is 1. The second-order valence-corrected chi connectivity index (χ2v) is 5.15. The van der Waals surface area contributed by atoms with Gasteiger partial charge in [-0.25, -0.2) is 4.98 Å². The average Bonchev–Trinajstić information content (AvgIpc) is 2.51. The first-order valence-electron chi connectivity index (χ1n) is 7.63. The van der Waals surface area contributed by atoms with Crippen molar-refractivity contribution in [1.29, 1.82) is 0 Å². The summed E-state index contributed by atoms with van der Waals surface area (Å²) in [5.41, 5.74) is 0.516. The van der Waals surface area contributed by atoms with E-state index in [0.717, 1.165) is 38.0 Å². The first kappa shape index (κ1) is 16.5. The second-order valence-electron chi connectivity index (χ2n) is 5.15. The van der Waals surface area contributed by atoms with Crippen LogP contribution in [0.4, 0.5) is 5.82 Å². The highest BCUT2D eigenvalue weighted by atomic mass is 16.1. The highest BCUT2D eigenvalue weighted by molar-refractivity contribution is 5.94. The molecule has 0 radical (unpaired) electrons. The monoisotopic (exact) mass is 277 g/mol. The van der Waals surface area contributed by atoms with Crippen molar-refractivity contribution < 1.29 is 4.79 Å². The van der Waals surface area contributed by atoms with E-state index < -0.39 is 0 Å². The van der Waals surface area contributed by atoms with E-state index in [1.54, 1.807) is 6.20 Å². The van der Waals surface area contributed by atoms with E-state index in [4.69, 9.17) is 0 Å². The second kappa shape index (κ2) is 7.88. The van der Waals surface area contributed by atoms with Crippen LogP contribution < -0.4 is 10.6 Å². The number of carbonyl (C=O) groups excluding carboxylic acids is 1. The molecule has 2 N–H and O–H groups in total. The quantitative estimate of drug-likeness (QED) is 0.763. The molecule has 0 aliphatic heterocycles. The molecule has 1 rings (SSSR count). The molecule has 0 bridgehead atoms. The number of carbonyl (C=O) groups is 1. The van der Waals surface area contributed by atoms with Gasteiger partial charge in [-0.15, -0.1) is 0 Å². The van der Waals surface area contributed by atoms with Gasteiger partial charge in [0.2, 0.25) is 0 Å². The summed E-state index contributed by atoms with van der Waals surface area (Å²) in [5, 5.41) is 6.36. The SMILES string of the molecule is CCCNc1ccc(C(=O)NC(CC)(CC)CC)cn1. The summed E-state index contributed by atoms with van der Waals surface area (Å²) < 4.78 is 0. The molecule has 0 atom stereocenters. The lowest BCUT2D eigenvalue weighted by Gasteiger charge is -2.31. The first-order valence-corrected chi connectivity index (χ1v) is 7.63. The van der Waals surface area contributed by atoms with Crippen LogP contribution in [-0.2, 0) is 0 Å². The van der Waals surface area contributed by atoms with Gasteiger partial charge in [-0.05, 0) is 37.8 Å². The topological polar surface area (TPSA) is 54.0 Å². The van der Waals surface area contributed by atoms with Crippen molar-refractivity contribution in [2.45, 2.75) is 58.9 Å². The number of hydrogen-bond donors (Lipinski definition) is 2. The number of amides is 1. The fraction of sp³-hybridized carbons (Fsp3) is 0.625. The third-order valence-corrected chi connectivity index (χ3v) is 3.99. The first-order chi connectivity index (χ1) is 9.60. The van der Waals surface area contributed by atoms with Gasteiger partial charge in [0.1, 0.15) is 5.82 Å². The molecule has 0 unspecified atom stereocenters. The number of aromatic nitrogens is 1. The maximum Gasteiger partial charge on any atom is 0.253 e. The predicted molar refractivity (Wildman–Crippen MR) is 84.1 cm³/mol. The zero-order valence-electron chi connectivity index (χ0n) is 13.1. The van der Waals surface area contributed by atoms with E-state index in [-0.39, 0.29) is 11.4 Å². The standard InChI is InChI=1S/C16H27N3O/c1-5-11-17-14-10-9-13(12-18-14)15(20)19-16(6-2,7-3)8-4/h9-10,12H,5-8,11H2,1-4H3,(H,17,18)(H,19,20). The summed E-state index contributed by atoms with van der Waals surface area (Å²) in [6.45, 7) is 9.34. The molecular weight excluding hydrogens is 250 g/mol. The molecule has 4 nitrogen and oxygen atoms in total. The Bertz CT molecular complexity index is 402. The van der Waals surface area contributed by atoms with E-state index in [0.29, 0.717) is 5.56 Å². The molecular formula is C16H27N3O. The van der Waals surface area contributed by atoms with E-state index in [9.17, 15) is 4.79 Å². The Morgan fingerprint density at radius 2 is 1.80 bits per heavy atom. The smallest absolute Gasteiger partial charge is 0.253 e. The van der Waals surface area contributed by atoms with Crippen LogP contribution in [0.25, 0.3) is 0 Å². The summed E-state index contributed by atoms with van der Waals surface area (Å²) in [5.74, 6) is 0.779. The van der Waals surface area contributed by atoms with Gasteiger partial charge in [0, 0.05) is 18.3 Å². The van der Waals surface area contributed by atoms with Gasteiger partial charge in [0.15, 0.2) is 0 Å². The number of pyridine rings is 1. The third-order valence-electron chi connectivity index (χ3n) is 3.99. The fourth-order valence-electron chi connectivity index (χ4n) is 2.21. The Morgan fingerprint density at radius 1 is 1.15 bits per heavy atom. The highest BCUT2D eigenvalue weighted by Crippen LogP contribution is 2.20. The van der Waals surface area contributed by atoms with Gasteiger partial charge in [-0.1, -0.05) is 27.7 Å². The van der Waals surface area contributed by atoms with E-state index in [1.807, 2.05) is 12.1 Å². The third kappa shape index (κ3) is 4.22. The summed E-state index contributed by atoms with van der Waals surface area (Å²) in [6, 6.07) is 3.68. The minimum atomic E-state index is -0.101. The average molecular weight is 277 g/mol. The normalized spacial score (nSPS) is 11.2. The van der Waals surface area contributed by atoms with Crippen LogP contribution in [0.5, 0.6) is 0 Å². The largest absolute Gasteiger partial charge is 0.370 e. The molecule has 112 valence electrons. The van der Waals surface area contributed by atoms with Gasteiger partial charge in [0.05, 0.1) is 5.56 Å². The van der Waals surface area contributed by atoms with E-state index >= 15 is 0 Å². The number of hydrogen-bond acceptors (Lipinski definition) is 3. The summed E-state index contributed by atoms with van der Waals surface area (Å²) in [6.07, 6.45) is 5.51. The van der Waals surface area contributed by atoms with E-state index in [2.05, 4.69) is 43.3 Å². The summed E-state index contributed by atoms with van der Waals surface area (Å²) >= 11 is 0. The minimum Gasteiger partial charge on any atom is -0.370 e. The van der Waals surface area contributed by atoms with Gasteiger partial charge < -0.3 is 10.6 Å². The number of rotatable bonds is 8. The number of nitrogens with one attached hydrogen (secondary N) is 2. The van der Waals surface area contributed by atoms with Crippen molar-refractivity contribution in [3.8, 4) is 0 Å². The Labute approximate surface area is 122 Å². The Hall–Kier alpha value is -1.58. The van der Waals surface area contributed by atoms with Crippen molar-refractivity contribution >= 4 is 11.7 Å². The van der Waals surface area contributed by atoms with Crippen molar-refractivity contribution in [3.05, 3.63) is 23.9 Å². The molecule has 0 aliphatic carbocycles. The lowest BCUT2D eigenvalue weighted by Crippen LogP contribution is -2.47. The Kier molecular flexibility index (Phi) is 6.49. The van der Waals surface area contributed by atoms with Crippen LogP contribution >= 0.6 is 0 Å². The fourth-order valence-corrected chi connectivity index (χ4v) is 2.21. The zero-order valence-corrected chi connectivity index (χ0v) is 13.1. The van der Waals surface area contributed by atoms with Crippen LogP contribution in [0.1, 0.15) is 63.7 Å². The molecule has 0 saturated heterocycles. The van der Waals surface area contributed by atoms with Crippen LogP contribution in [0.3, 0.4) is 0 Å². The predicted octanol–water partition coefficient (Wildman–Crippen LogP) is 3.60. The summed E-state index contributed by atoms with van der Waals surface area (Å²) in [7, 11) is 0. The van der Waals surface area contributed by atoms with E-state index in [1.165, 1.54) is 0 Å². The molecule has 0 spiro atoms. The maximum absolute atomic E-state index is 12.3. The molecule has 20 heavy (non-hydrogen) atoms. The molecule has 4 heteroatoms. The molecule has 0 fully saturated rings.